The van der Waals surface area contributed by atoms with Crippen molar-refractivity contribution in [3.63, 3.8) is 0 Å². The number of aromatic hydroxyl groups is 1. The van der Waals surface area contributed by atoms with Crippen LogP contribution < -0.4 is 0 Å². The van der Waals surface area contributed by atoms with Crippen LogP contribution in [-0.4, -0.2) is 19.6 Å². The number of hydrogen-bond donors (Lipinski definition) is 1. The molecular weight excluding hydrogens is 839 g/mol. The van der Waals surface area contributed by atoms with Crippen molar-refractivity contribution in [2.24, 2.45) is 0 Å². The summed E-state index contributed by atoms with van der Waals surface area (Å²) in [7, 11) is 0. The summed E-state index contributed by atoms with van der Waals surface area (Å²) < 4.78 is 271. The maximum absolute atomic E-state index is 13.1. The number of benzene rings is 6. The Morgan fingerprint density at radius 1 is 0.551 bits per heavy atom. The van der Waals surface area contributed by atoms with Crippen LogP contribution in [0.25, 0.3) is 72.7 Å². The molecule has 2 heterocycles. The summed E-state index contributed by atoms with van der Waals surface area (Å²) in [5, 5.41) is 13.1. The normalized spacial score (nSPS) is 21.4. The Kier molecular flexibility index (Phi) is 6.12. The van der Waals surface area contributed by atoms with Crippen LogP contribution in [-0.2, 0) is 21.7 Å². The number of aromatic nitrogens is 3. The van der Waals surface area contributed by atoms with Crippen molar-refractivity contribution in [1.82, 2.24) is 14.5 Å². The van der Waals surface area contributed by atoms with Gasteiger partial charge >= 0.3 is 0 Å². The molecule has 0 unspecified atom stereocenters. The molecule has 356 valence electrons. The summed E-state index contributed by atoms with van der Waals surface area (Å²) >= 11 is 0. The third-order valence-corrected chi connectivity index (χ3v) is 12.5. The summed E-state index contributed by atoms with van der Waals surface area (Å²) in [6.45, 7) is -26.3. The van der Waals surface area contributed by atoms with Gasteiger partial charge in [0.15, 0.2) is 0 Å². The van der Waals surface area contributed by atoms with Crippen LogP contribution in [0.3, 0.4) is 0 Å². The third kappa shape index (κ3) is 9.96. The zero-order chi connectivity index (χ0) is 76.0. The lowest BCUT2D eigenvalue weighted by molar-refractivity contribution is 0.446. The summed E-state index contributed by atoms with van der Waals surface area (Å²) in [5.74, 6) is -3.58. The van der Waals surface area contributed by atoms with Gasteiger partial charge in [-0.05, 0) is 150 Å². The van der Waals surface area contributed by atoms with Crippen LogP contribution >= 0.6 is 0 Å². The smallest absolute Gasteiger partial charge is 0.149 e. The Morgan fingerprint density at radius 3 is 1.87 bits per heavy atom. The van der Waals surface area contributed by atoms with E-state index >= 15 is 0 Å². The standard InChI is InChI=1S/C65H75N3O/c1-39(2)45-30-46(40(3)4)32-47(31-45)43-23-26-57(41(5)29-43)68-58-20-18-19-53(59(58)67-61(68)54-37-52(64(12,13)14)38-55(60(54)69)65(15,16)17)48-33-49(35-51(34-48)63(9,10)11)56-36-44(27-28-66-56)42-21-24-50(25-22-42)62(6,7)8/h18-40,69H,1-17H3/i5D3,6D3,7D3,8D3,12D3,13D3,14D3,15D3,16D3,17D3,39D. The van der Waals surface area contributed by atoms with Gasteiger partial charge in [0.05, 0.1) is 28.0 Å². The SMILES string of the molecule is [2H]C([2H])([2H])c1cc(-c2cc(C(C)C)cc(C([2H])(C)C)c2)ccc1-n1c(-c2cc(C(C([2H])([2H])[2H])(C([2H])([2H])[2H])C([2H])([2H])[2H])cc(C(C([2H])([2H])[2H])(C([2H])([2H])[2H])C([2H])([2H])[2H])c2O)nc2c(-c3cc(-c4cc(-c5ccc(C(C([2H])([2H])[2H])(C([2H])([2H])[2H])C([2H])([2H])[2H])cc5)ccn4)cc(C(C)(C)C)c3)cccc21. The molecule has 1 N–H and O–H groups in total. The fraction of sp³-hybridized carbons (Fsp3) is 0.354. The lowest BCUT2D eigenvalue weighted by atomic mass is 9.79. The van der Waals surface area contributed by atoms with Gasteiger partial charge in [-0.25, -0.2) is 4.98 Å². The van der Waals surface area contributed by atoms with Gasteiger partial charge in [0, 0.05) is 65.4 Å². The second kappa shape index (κ2) is 17.9. The highest BCUT2D eigenvalue weighted by Crippen LogP contribution is 2.46. The van der Waals surface area contributed by atoms with E-state index in [9.17, 15) is 9.22 Å². The van der Waals surface area contributed by atoms with Gasteiger partial charge in [0.2, 0.25) is 0 Å². The minimum Gasteiger partial charge on any atom is -0.507 e. The van der Waals surface area contributed by atoms with E-state index in [1.54, 1.807) is 50.2 Å². The molecule has 0 saturated heterocycles. The van der Waals surface area contributed by atoms with E-state index in [-0.39, 0.29) is 34.3 Å². The van der Waals surface area contributed by atoms with Crippen molar-refractivity contribution in [3.8, 4) is 67.5 Å². The number of nitrogens with zero attached hydrogens (tertiary/aromatic N) is 3. The first-order valence-corrected chi connectivity index (χ1v) is 22.4. The number of phenolic OH excluding ortho intramolecular Hbond substituents is 1. The number of imidazole rings is 1. The molecule has 0 aliphatic carbocycles. The van der Waals surface area contributed by atoms with E-state index in [1.165, 1.54) is 48.7 Å². The second-order valence-electron chi connectivity index (χ2n) is 19.4. The highest BCUT2D eigenvalue weighted by atomic mass is 16.3. The Hall–Kier alpha value is -6.26. The van der Waals surface area contributed by atoms with Gasteiger partial charge in [-0.1, -0.05) is 183 Å². The van der Waals surface area contributed by atoms with Crippen molar-refractivity contribution in [2.75, 3.05) is 0 Å². The third-order valence-electron chi connectivity index (χ3n) is 12.5. The predicted octanol–water partition coefficient (Wildman–Crippen LogP) is 18.2. The Morgan fingerprint density at radius 2 is 1.20 bits per heavy atom. The molecular formula is C65H75N3O. The minimum absolute atomic E-state index is 0.0784. The average molecular weight is 946 g/mol. The highest BCUT2D eigenvalue weighted by Gasteiger charge is 2.29. The summed E-state index contributed by atoms with van der Waals surface area (Å²) in [4.78, 5) is 9.73. The molecule has 0 radical (unpaired) electrons. The molecule has 8 rings (SSSR count). The van der Waals surface area contributed by atoms with Crippen LogP contribution in [0.2, 0.25) is 0 Å². The molecule has 0 aliphatic rings. The topological polar surface area (TPSA) is 50.9 Å². The fourth-order valence-corrected chi connectivity index (χ4v) is 8.46. The molecule has 4 nitrogen and oxygen atoms in total. The predicted molar refractivity (Wildman–Crippen MR) is 295 cm³/mol. The Labute approximate surface area is 457 Å². The lowest BCUT2D eigenvalue weighted by Gasteiger charge is -2.27. The van der Waals surface area contributed by atoms with Gasteiger partial charge in [0.1, 0.15) is 11.6 Å². The Balaban J connectivity index is 1.56. The monoisotopic (exact) mass is 945 g/mol. The molecule has 2 aromatic heterocycles. The number of pyridine rings is 1. The van der Waals surface area contributed by atoms with E-state index in [1.807, 2.05) is 52.8 Å². The fourth-order valence-electron chi connectivity index (χ4n) is 8.46. The molecule has 0 atom stereocenters. The van der Waals surface area contributed by atoms with Crippen molar-refractivity contribution in [3.05, 3.63) is 166 Å². The van der Waals surface area contributed by atoms with E-state index in [0.29, 0.717) is 56.3 Å². The molecule has 4 heteroatoms. The van der Waals surface area contributed by atoms with E-state index < -0.39 is 135 Å². The molecule has 0 bridgehead atoms. The average Bonchev–Trinajstić information content (AvgIpc) is 0.838. The molecule has 8 aromatic rings. The van der Waals surface area contributed by atoms with Crippen LogP contribution in [0.5, 0.6) is 5.75 Å². The van der Waals surface area contributed by atoms with Crippen molar-refractivity contribution in [1.29, 1.82) is 0 Å². The van der Waals surface area contributed by atoms with Gasteiger partial charge < -0.3 is 5.11 Å². The number of rotatable bonds is 8. The number of phenols is 1. The van der Waals surface area contributed by atoms with Crippen molar-refractivity contribution in [2.45, 2.75) is 150 Å². The van der Waals surface area contributed by atoms with E-state index in [0.717, 1.165) is 22.3 Å². The number of fused-ring (bicyclic) bond motifs is 1. The zero-order valence-electron chi connectivity index (χ0n) is 70.5. The van der Waals surface area contributed by atoms with Crippen molar-refractivity contribution < 1.29 is 47.6 Å². The molecule has 0 amide bonds. The first kappa shape index (κ1) is 23.6. The minimum atomic E-state index is -4.32. The first-order valence-electron chi connectivity index (χ1n) is 37.9. The zero-order valence-corrected chi connectivity index (χ0v) is 39.5. The lowest BCUT2D eigenvalue weighted by Crippen LogP contribution is -2.17. The van der Waals surface area contributed by atoms with Crippen LogP contribution in [0.15, 0.2) is 128 Å². The molecule has 0 saturated carbocycles. The van der Waals surface area contributed by atoms with Gasteiger partial charge in [-0.3, -0.25) is 9.55 Å². The molecule has 69 heavy (non-hydrogen) atoms. The highest BCUT2D eigenvalue weighted by molar-refractivity contribution is 5.97. The van der Waals surface area contributed by atoms with Crippen LogP contribution in [0.4, 0.5) is 0 Å². The first-order chi connectivity index (χ1) is 44.9. The largest absolute Gasteiger partial charge is 0.507 e. The van der Waals surface area contributed by atoms with E-state index in [2.05, 4.69) is 0 Å². The van der Waals surface area contributed by atoms with Crippen molar-refractivity contribution >= 4 is 11.0 Å². The summed E-state index contributed by atoms with van der Waals surface area (Å²) in [5.41, 5.74) is -13.2. The quantitative estimate of drug-likeness (QED) is 0.165. The molecule has 6 aromatic carbocycles. The van der Waals surface area contributed by atoms with Crippen LogP contribution in [0, 0.1) is 6.85 Å². The van der Waals surface area contributed by atoms with Gasteiger partial charge in [-0.2, -0.15) is 0 Å². The molecule has 0 aliphatic heterocycles. The summed E-state index contributed by atoms with van der Waals surface area (Å²) in [6, 6.07) is 28.4. The maximum atomic E-state index is 13.1. The maximum Gasteiger partial charge on any atom is 0.149 e. The molecule has 0 spiro atoms. The molecule has 0 fully saturated rings. The number of aryl methyl sites for hydroxylation is 1. The summed E-state index contributed by atoms with van der Waals surface area (Å²) in [6.07, 6.45) is 1.45. The van der Waals surface area contributed by atoms with Crippen LogP contribution in [0.1, 0.15) is 203 Å². The number of hydrogen-bond acceptors (Lipinski definition) is 3. The van der Waals surface area contributed by atoms with Gasteiger partial charge in [-0.15, -0.1) is 0 Å². The van der Waals surface area contributed by atoms with Gasteiger partial charge in [0.25, 0.3) is 0 Å². The second-order valence-corrected chi connectivity index (χ2v) is 19.4. The Bertz CT molecular complexity index is 4290. The van der Waals surface area contributed by atoms with E-state index in [4.69, 9.17) is 48.3 Å². The number of para-hydroxylation sites is 1.